The first-order valence-corrected chi connectivity index (χ1v) is 5.00. The van der Waals surface area contributed by atoms with E-state index in [-0.39, 0.29) is 0 Å². The lowest BCUT2D eigenvalue weighted by Gasteiger charge is -1.84. The summed E-state index contributed by atoms with van der Waals surface area (Å²) in [5.74, 6) is 1.31. The third kappa shape index (κ3) is 1.62. The summed E-state index contributed by atoms with van der Waals surface area (Å²) in [6.07, 6.45) is 1.05. The molecule has 0 aromatic carbocycles. The smallest absolute Gasteiger partial charge is 0.267 e. The third-order valence-corrected chi connectivity index (χ3v) is 2.97. The maximum atomic E-state index is 5.06. The molecule has 0 aliphatic heterocycles. The van der Waals surface area contributed by atoms with Crippen LogP contribution in [0.1, 0.15) is 17.6 Å². The Morgan fingerprint density at radius 3 is 2.85 bits per heavy atom. The number of nitrogens with zero attached hydrogens (tertiary/aromatic N) is 2. The maximum Gasteiger partial charge on any atom is 0.267 e. The van der Waals surface area contributed by atoms with Gasteiger partial charge in [-0.1, -0.05) is 12.1 Å². The Hall–Kier alpha value is -1.16. The number of hydrogen-bond acceptors (Lipinski definition) is 4. The third-order valence-electron chi connectivity index (χ3n) is 1.75. The Morgan fingerprint density at radius 2 is 2.31 bits per heavy atom. The average Bonchev–Trinajstić information content (AvgIpc) is 2.71. The van der Waals surface area contributed by atoms with Crippen LogP contribution in [0.15, 0.2) is 16.7 Å². The maximum absolute atomic E-state index is 5.06. The zero-order valence-corrected chi connectivity index (χ0v) is 8.39. The van der Waals surface area contributed by atoms with E-state index in [1.165, 1.54) is 4.88 Å². The quantitative estimate of drug-likeness (QED) is 0.737. The van der Waals surface area contributed by atoms with Gasteiger partial charge in [-0.05, 0) is 25.5 Å². The first kappa shape index (κ1) is 8.44. The molecule has 13 heavy (non-hydrogen) atoms. The molecule has 0 aliphatic carbocycles. The van der Waals surface area contributed by atoms with Gasteiger partial charge in [0.15, 0.2) is 5.82 Å². The molecule has 0 fully saturated rings. The van der Waals surface area contributed by atoms with Crippen molar-refractivity contribution in [2.45, 2.75) is 20.3 Å². The summed E-state index contributed by atoms with van der Waals surface area (Å²) < 4.78 is 5.06. The van der Waals surface area contributed by atoms with Crippen LogP contribution in [-0.4, -0.2) is 10.1 Å². The fourth-order valence-corrected chi connectivity index (χ4v) is 1.95. The van der Waals surface area contributed by atoms with Crippen LogP contribution in [0.5, 0.6) is 0 Å². The Bertz CT molecular complexity index is 405. The van der Waals surface area contributed by atoms with Crippen LogP contribution in [0.3, 0.4) is 0 Å². The molecule has 0 saturated heterocycles. The van der Waals surface area contributed by atoms with Gasteiger partial charge in [-0.3, -0.25) is 0 Å². The predicted octanol–water partition coefficient (Wildman–Crippen LogP) is 2.67. The predicted molar refractivity (Wildman–Crippen MR) is 51.7 cm³/mol. The molecule has 0 saturated carbocycles. The Morgan fingerprint density at radius 1 is 1.46 bits per heavy atom. The molecule has 0 aliphatic rings. The minimum absolute atomic E-state index is 0.627. The second-order valence-corrected chi connectivity index (χ2v) is 3.93. The van der Waals surface area contributed by atoms with Gasteiger partial charge in [0.1, 0.15) is 0 Å². The summed E-state index contributed by atoms with van der Waals surface area (Å²) in [6.45, 7) is 3.95. The van der Waals surface area contributed by atoms with Crippen LogP contribution in [0.4, 0.5) is 0 Å². The van der Waals surface area contributed by atoms with Crippen LogP contribution in [0.2, 0.25) is 0 Å². The minimum Gasteiger partial charge on any atom is -0.333 e. The zero-order valence-electron chi connectivity index (χ0n) is 7.57. The molecule has 2 aromatic heterocycles. The lowest BCUT2D eigenvalue weighted by Crippen LogP contribution is -1.72. The van der Waals surface area contributed by atoms with Crippen LogP contribution in [-0.2, 0) is 6.42 Å². The lowest BCUT2D eigenvalue weighted by molar-refractivity contribution is 0.426. The number of hydrogen-bond donors (Lipinski definition) is 0. The van der Waals surface area contributed by atoms with Crippen LogP contribution >= 0.6 is 11.3 Å². The molecular formula is C9H10N2OS. The van der Waals surface area contributed by atoms with Crippen molar-refractivity contribution in [2.24, 2.45) is 0 Å². The molecule has 0 radical (unpaired) electrons. The van der Waals surface area contributed by atoms with E-state index in [1.54, 1.807) is 11.3 Å². The van der Waals surface area contributed by atoms with Gasteiger partial charge in [0.2, 0.25) is 0 Å². The van der Waals surface area contributed by atoms with Crippen LogP contribution in [0, 0.1) is 6.92 Å². The minimum atomic E-state index is 0.627. The fraction of sp³-hybridized carbons (Fsp3) is 0.333. The topological polar surface area (TPSA) is 38.9 Å². The second kappa shape index (κ2) is 3.30. The van der Waals surface area contributed by atoms with Crippen molar-refractivity contribution in [1.29, 1.82) is 0 Å². The van der Waals surface area contributed by atoms with E-state index in [4.69, 9.17) is 4.52 Å². The molecule has 2 rings (SSSR count). The van der Waals surface area contributed by atoms with Crippen molar-refractivity contribution in [1.82, 2.24) is 10.1 Å². The van der Waals surface area contributed by atoms with E-state index in [9.17, 15) is 0 Å². The van der Waals surface area contributed by atoms with E-state index in [0.29, 0.717) is 11.7 Å². The van der Waals surface area contributed by atoms with Gasteiger partial charge in [-0.25, -0.2) is 0 Å². The van der Waals surface area contributed by atoms with E-state index < -0.39 is 0 Å². The van der Waals surface area contributed by atoms with Crippen molar-refractivity contribution in [3.8, 4) is 10.8 Å². The van der Waals surface area contributed by atoms with Gasteiger partial charge in [0.25, 0.3) is 5.89 Å². The van der Waals surface area contributed by atoms with E-state index in [1.807, 2.05) is 13.0 Å². The molecular weight excluding hydrogens is 184 g/mol. The number of aryl methyl sites for hydroxylation is 2. The second-order valence-electron chi connectivity index (χ2n) is 2.77. The summed E-state index contributed by atoms with van der Waals surface area (Å²) in [7, 11) is 0. The van der Waals surface area contributed by atoms with Crippen molar-refractivity contribution >= 4 is 11.3 Å². The zero-order chi connectivity index (χ0) is 9.26. The first-order valence-electron chi connectivity index (χ1n) is 4.19. The largest absolute Gasteiger partial charge is 0.333 e. The molecule has 4 heteroatoms. The van der Waals surface area contributed by atoms with Crippen molar-refractivity contribution in [2.75, 3.05) is 0 Å². The Labute approximate surface area is 80.4 Å². The monoisotopic (exact) mass is 194 g/mol. The van der Waals surface area contributed by atoms with E-state index >= 15 is 0 Å². The molecule has 2 heterocycles. The highest BCUT2D eigenvalue weighted by molar-refractivity contribution is 7.15. The molecule has 0 amide bonds. The van der Waals surface area contributed by atoms with Gasteiger partial charge in [0, 0.05) is 4.88 Å². The number of thiophene rings is 1. The summed E-state index contributed by atoms with van der Waals surface area (Å²) >= 11 is 1.70. The van der Waals surface area contributed by atoms with Crippen molar-refractivity contribution in [3.63, 3.8) is 0 Å². The molecule has 0 unspecified atom stereocenters. The van der Waals surface area contributed by atoms with E-state index in [0.717, 1.165) is 11.3 Å². The van der Waals surface area contributed by atoms with Gasteiger partial charge in [-0.2, -0.15) is 4.98 Å². The van der Waals surface area contributed by atoms with Gasteiger partial charge in [-0.15, -0.1) is 11.3 Å². The van der Waals surface area contributed by atoms with Gasteiger partial charge < -0.3 is 4.52 Å². The highest BCUT2D eigenvalue weighted by Crippen LogP contribution is 2.26. The molecule has 0 atom stereocenters. The molecule has 0 N–H and O–H groups in total. The van der Waals surface area contributed by atoms with Gasteiger partial charge >= 0.3 is 0 Å². The summed E-state index contributed by atoms with van der Waals surface area (Å²) in [4.78, 5) is 6.55. The molecule has 2 aromatic rings. The molecule has 0 bridgehead atoms. The highest BCUT2D eigenvalue weighted by atomic mass is 32.1. The molecule has 68 valence electrons. The van der Waals surface area contributed by atoms with E-state index in [2.05, 4.69) is 23.1 Å². The van der Waals surface area contributed by atoms with Crippen LogP contribution < -0.4 is 0 Å². The SMILES string of the molecule is CCc1ccc(-c2nc(C)no2)s1. The Kier molecular flexibility index (Phi) is 2.14. The van der Waals surface area contributed by atoms with Crippen molar-refractivity contribution in [3.05, 3.63) is 22.8 Å². The normalized spacial score (nSPS) is 10.6. The number of rotatable bonds is 2. The lowest BCUT2D eigenvalue weighted by atomic mass is 10.4. The average molecular weight is 194 g/mol. The molecule has 0 spiro atoms. The highest BCUT2D eigenvalue weighted by Gasteiger charge is 2.08. The van der Waals surface area contributed by atoms with Crippen molar-refractivity contribution < 1.29 is 4.52 Å². The van der Waals surface area contributed by atoms with Gasteiger partial charge in [0.05, 0.1) is 4.88 Å². The Balaban J connectivity index is 2.35. The first-order chi connectivity index (χ1) is 6.29. The number of aromatic nitrogens is 2. The molecule has 3 nitrogen and oxygen atoms in total. The summed E-state index contributed by atoms with van der Waals surface area (Å²) in [5, 5.41) is 3.75. The summed E-state index contributed by atoms with van der Waals surface area (Å²) in [6, 6.07) is 4.12. The standard InChI is InChI=1S/C9H10N2OS/c1-3-7-4-5-8(13-7)9-10-6(2)11-12-9/h4-5H,3H2,1-2H3. The fourth-order valence-electron chi connectivity index (χ4n) is 1.08. The van der Waals surface area contributed by atoms with Crippen LogP contribution in [0.25, 0.3) is 10.8 Å². The summed E-state index contributed by atoms with van der Waals surface area (Å²) in [5.41, 5.74) is 0.